The number of hydrogen-bond donors (Lipinski definition) is 2. The third-order valence-corrected chi connectivity index (χ3v) is 4.61. The molecule has 0 aromatic heterocycles. The van der Waals surface area contributed by atoms with Crippen LogP contribution in [-0.4, -0.2) is 23.2 Å². The van der Waals surface area contributed by atoms with Gasteiger partial charge in [-0.25, -0.2) is 0 Å². The average molecular weight is 328 g/mol. The first-order valence-corrected chi connectivity index (χ1v) is 7.88. The number of halogens is 2. The molecule has 3 nitrogen and oxygen atoms in total. The van der Waals surface area contributed by atoms with Crippen molar-refractivity contribution in [1.82, 2.24) is 5.32 Å². The van der Waals surface area contributed by atoms with Crippen LogP contribution in [0, 0.1) is 0 Å². The Morgan fingerprint density at radius 2 is 2.00 bits per heavy atom. The first-order chi connectivity index (χ1) is 10.0. The molecule has 0 unspecified atom stereocenters. The summed E-state index contributed by atoms with van der Waals surface area (Å²) in [7, 11) is 0. The highest BCUT2D eigenvalue weighted by atomic mass is 35.5. The van der Waals surface area contributed by atoms with E-state index >= 15 is 0 Å². The molecule has 1 aromatic carbocycles. The molecule has 1 saturated carbocycles. The van der Waals surface area contributed by atoms with Crippen molar-refractivity contribution in [2.75, 3.05) is 6.54 Å². The third-order valence-electron chi connectivity index (χ3n) is 3.77. The van der Waals surface area contributed by atoms with Gasteiger partial charge in [0.05, 0.1) is 15.6 Å². The molecule has 0 aliphatic heterocycles. The van der Waals surface area contributed by atoms with Crippen molar-refractivity contribution in [3.8, 4) is 0 Å². The molecule has 1 fully saturated rings. The molecule has 0 saturated heterocycles. The van der Waals surface area contributed by atoms with Crippen molar-refractivity contribution in [2.45, 2.75) is 37.7 Å². The number of hydrogen-bond acceptors (Lipinski definition) is 2. The Morgan fingerprint density at radius 3 is 2.71 bits per heavy atom. The van der Waals surface area contributed by atoms with Crippen LogP contribution in [0.15, 0.2) is 24.3 Å². The second-order valence-electron chi connectivity index (χ2n) is 5.48. The minimum Gasteiger partial charge on any atom is -0.388 e. The van der Waals surface area contributed by atoms with Crippen LogP contribution in [0.4, 0.5) is 0 Å². The summed E-state index contributed by atoms with van der Waals surface area (Å²) < 4.78 is 0. The zero-order chi connectivity index (χ0) is 15.3. The molecule has 1 aromatic rings. The van der Waals surface area contributed by atoms with E-state index in [-0.39, 0.29) is 5.91 Å². The molecular weight excluding hydrogens is 309 g/mol. The van der Waals surface area contributed by atoms with Crippen LogP contribution in [0.25, 0.3) is 6.08 Å². The highest BCUT2D eigenvalue weighted by Gasteiger charge is 2.29. The fourth-order valence-corrected chi connectivity index (χ4v) is 2.88. The largest absolute Gasteiger partial charge is 0.388 e. The molecule has 1 aliphatic rings. The first-order valence-electron chi connectivity index (χ1n) is 7.12. The second kappa shape index (κ2) is 7.30. The molecule has 0 heterocycles. The number of rotatable bonds is 4. The summed E-state index contributed by atoms with van der Waals surface area (Å²) in [6.07, 6.45) is 7.70. The Labute approximate surface area is 134 Å². The number of benzene rings is 1. The van der Waals surface area contributed by atoms with Gasteiger partial charge >= 0.3 is 0 Å². The third kappa shape index (κ3) is 4.73. The van der Waals surface area contributed by atoms with Crippen LogP contribution < -0.4 is 5.32 Å². The van der Waals surface area contributed by atoms with Crippen molar-refractivity contribution in [1.29, 1.82) is 0 Å². The predicted octanol–water partition coefficient (Wildman–Crippen LogP) is 3.82. The summed E-state index contributed by atoms with van der Waals surface area (Å²) in [5, 5.41) is 13.9. The van der Waals surface area contributed by atoms with Crippen molar-refractivity contribution >= 4 is 35.2 Å². The number of carbonyl (C=O) groups is 1. The SMILES string of the molecule is O=C(C=Cc1cccc(Cl)c1Cl)NCC1(O)CCCCC1. The summed E-state index contributed by atoms with van der Waals surface area (Å²) in [6.45, 7) is 0.291. The smallest absolute Gasteiger partial charge is 0.244 e. The Morgan fingerprint density at radius 1 is 1.29 bits per heavy atom. The van der Waals surface area contributed by atoms with Gasteiger partial charge < -0.3 is 10.4 Å². The maximum Gasteiger partial charge on any atom is 0.244 e. The van der Waals surface area contributed by atoms with Gasteiger partial charge in [-0.15, -0.1) is 0 Å². The fourth-order valence-electron chi connectivity index (χ4n) is 2.51. The standard InChI is InChI=1S/C16H19Cl2NO2/c17-13-6-4-5-12(15(13)18)7-8-14(20)19-11-16(21)9-2-1-3-10-16/h4-8,21H,1-3,9-11H2,(H,19,20). The van der Waals surface area contributed by atoms with Crippen molar-refractivity contribution in [3.05, 3.63) is 39.9 Å². The molecule has 0 radical (unpaired) electrons. The summed E-state index contributed by atoms with van der Waals surface area (Å²) in [4.78, 5) is 11.8. The van der Waals surface area contributed by atoms with Crippen LogP contribution in [0.3, 0.4) is 0 Å². The zero-order valence-electron chi connectivity index (χ0n) is 11.7. The van der Waals surface area contributed by atoms with E-state index in [1.165, 1.54) is 6.08 Å². The van der Waals surface area contributed by atoms with E-state index in [1.54, 1.807) is 24.3 Å². The lowest BCUT2D eigenvalue weighted by atomic mass is 9.85. The van der Waals surface area contributed by atoms with E-state index in [1.807, 2.05) is 0 Å². The van der Waals surface area contributed by atoms with Crippen LogP contribution >= 0.6 is 23.2 Å². The fraction of sp³-hybridized carbons (Fsp3) is 0.438. The molecule has 1 amide bonds. The summed E-state index contributed by atoms with van der Waals surface area (Å²) in [5.41, 5.74) is -0.0641. The van der Waals surface area contributed by atoms with E-state index in [4.69, 9.17) is 23.2 Å². The molecule has 0 bridgehead atoms. The highest BCUT2D eigenvalue weighted by Crippen LogP contribution is 2.27. The normalized spacial score (nSPS) is 17.9. The average Bonchev–Trinajstić information content (AvgIpc) is 2.47. The van der Waals surface area contributed by atoms with E-state index in [0.717, 1.165) is 32.1 Å². The van der Waals surface area contributed by atoms with E-state index in [2.05, 4.69) is 5.32 Å². The lowest BCUT2D eigenvalue weighted by Gasteiger charge is -2.31. The molecule has 114 valence electrons. The van der Waals surface area contributed by atoms with Crippen LogP contribution in [-0.2, 0) is 4.79 Å². The van der Waals surface area contributed by atoms with Gasteiger partial charge in [-0.2, -0.15) is 0 Å². The van der Waals surface area contributed by atoms with Gasteiger partial charge in [-0.05, 0) is 30.5 Å². The van der Waals surface area contributed by atoms with Crippen molar-refractivity contribution in [3.63, 3.8) is 0 Å². The maximum atomic E-state index is 11.8. The number of carbonyl (C=O) groups excluding carboxylic acids is 1. The molecule has 21 heavy (non-hydrogen) atoms. The van der Waals surface area contributed by atoms with E-state index < -0.39 is 5.60 Å². The van der Waals surface area contributed by atoms with E-state index in [0.29, 0.717) is 22.2 Å². The highest BCUT2D eigenvalue weighted by molar-refractivity contribution is 6.42. The predicted molar refractivity (Wildman–Crippen MR) is 86.5 cm³/mol. The number of nitrogens with one attached hydrogen (secondary N) is 1. The first kappa shape index (κ1) is 16.3. The van der Waals surface area contributed by atoms with Gasteiger partial charge in [0.15, 0.2) is 0 Å². The van der Waals surface area contributed by atoms with Crippen LogP contribution in [0.1, 0.15) is 37.7 Å². The van der Waals surface area contributed by atoms with Gasteiger partial charge in [0.25, 0.3) is 0 Å². The van der Waals surface area contributed by atoms with Gasteiger partial charge in [-0.3, -0.25) is 4.79 Å². The summed E-state index contributed by atoms with van der Waals surface area (Å²) in [5.74, 6) is -0.245. The van der Waals surface area contributed by atoms with Gasteiger partial charge in [0.2, 0.25) is 5.91 Å². The molecule has 1 aliphatic carbocycles. The minimum atomic E-state index is -0.755. The van der Waals surface area contributed by atoms with Crippen molar-refractivity contribution in [2.24, 2.45) is 0 Å². The summed E-state index contributed by atoms with van der Waals surface area (Å²) in [6, 6.07) is 5.25. The number of aliphatic hydroxyl groups is 1. The molecular formula is C16H19Cl2NO2. The lowest BCUT2D eigenvalue weighted by Crippen LogP contribution is -2.43. The summed E-state index contributed by atoms with van der Waals surface area (Å²) >= 11 is 12.0. The molecule has 2 rings (SSSR count). The van der Waals surface area contributed by atoms with Gasteiger partial charge in [-0.1, -0.05) is 54.6 Å². The van der Waals surface area contributed by atoms with Gasteiger partial charge in [0, 0.05) is 12.6 Å². The monoisotopic (exact) mass is 327 g/mol. The zero-order valence-corrected chi connectivity index (χ0v) is 13.3. The Balaban J connectivity index is 1.89. The molecule has 2 N–H and O–H groups in total. The molecule has 0 atom stereocenters. The Kier molecular flexibility index (Phi) is 5.68. The van der Waals surface area contributed by atoms with Gasteiger partial charge in [0.1, 0.15) is 0 Å². The van der Waals surface area contributed by atoms with Crippen LogP contribution in [0.2, 0.25) is 10.0 Å². The lowest BCUT2D eigenvalue weighted by molar-refractivity contribution is -0.118. The van der Waals surface area contributed by atoms with Crippen LogP contribution in [0.5, 0.6) is 0 Å². The van der Waals surface area contributed by atoms with Crippen molar-refractivity contribution < 1.29 is 9.90 Å². The quantitative estimate of drug-likeness (QED) is 0.826. The molecule has 5 heteroatoms. The minimum absolute atomic E-state index is 0.245. The Hall–Kier alpha value is -1.03. The molecule has 0 spiro atoms. The topological polar surface area (TPSA) is 49.3 Å². The number of amides is 1. The van der Waals surface area contributed by atoms with E-state index in [9.17, 15) is 9.90 Å². The second-order valence-corrected chi connectivity index (χ2v) is 6.26. The maximum absolute atomic E-state index is 11.8. The Bertz CT molecular complexity index is 537.